The molecule has 24 heavy (non-hydrogen) atoms. The Labute approximate surface area is 153 Å². The Bertz CT molecular complexity index is 705. The highest BCUT2D eigenvalue weighted by Crippen LogP contribution is 2.17. The van der Waals surface area contributed by atoms with Crippen LogP contribution in [-0.4, -0.2) is 41.8 Å². The summed E-state index contributed by atoms with van der Waals surface area (Å²) in [7, 11) is 0. The number of nitrogens with zero attached hydrogens (tertiary/aromatic N) is 3. The molecule has 0 amide bonds. The van der Waals surface area contributed by atoms with Crippen LogP contribution in [0.25, 0.3) is 0 Å². The van der Waals surface area contributed by atoms with Crippen molar-refractivity contribution < 1.29 is 0 Å². The molecule has 126 valence electrons. The van der Waals surface area contributed by atoms with Crippen LogP contribution in [0.3, 0.4) is 0 Å². The van der Waals surface area contributed by atoms with Crippen molar-refractivity contribution in [1.82, 2.24) is 9.91 Å². The van der Waals surface area contributed by atoms with Gasteiger partial charge in [-0.1, -0.05) is 53.5 Å². The molecule has 1 fully saturated rings. The predicted molar refractivity (Wildman–Crippen MR) is 102 cm³/mol. The summed E-state index contributed by atoms with van der Waals surface area (Å²) in [6, 6.07) is 15.9. The van der Waals surface area contributed by atoms with Crippen molar-refractivity contribution in [3.63, 3.8) is 0 Å². The van der Waals surface area contributed by atoms with Crippen LogP contribution >= 0.6 is 23.2 Å². The number of halogens is 2. The van der Waals surface area contributed by atoms with Crippen LogP contribution in [0.2, 0.25) is 10.0 Å². The van der Waals surface area contributed by atoms with Crippen molar-refractivity contribution >= 4 is 28.9 Å². The summed E-state index contributed by atoms with van der Waals surface area (Å²) in [4.78, 5) is 2.44. The molecule has 2 aromatic carbocycles. The second-order valence-corrected chi connectivity index (χ2v) is 6.87. The number of hydrogen-bond acceptors (Lipinski definition) is 3. The van der Waals surface area contributed by atoms with Gasteiger partial charge in [0.1, 0.15) is 0 Å². The summed E-state index contributed by atoms with van der Waals surface area (Å²) in [6.07, 6.45) is 0. The lowest BCUT2D eigenvalue weighted by Crippen LogP contribution is -2.43. The Hall–Kier alpha value is -1.55. The lowest BCUT2D eigenvalue weighted by Gasteiger charge is -2.33. The maximum atomic E-state index is 6.24. The molecule has 1 heterocycles. The molecule has 0 unspecified atom stereocenters. The Balaban J connectivity index is 1.56. The van der Waals surface area contributed by atoms with E-state index in [2.05, 4.69) is 22.0 Å². The van der Waals surface area contributed by atoms with Gasteiger partial charge in [-0.05, 0) is 30.7 Å². The third kappa shape index (κ3) is 4.50. The molecule has 5 heteroatoms. The first-order valence-corrected chi connectivity index (χ1v) is 8.89. The van der Waals surface area contributed by atoms with Gasteiger partial charge in [0.2, 0.25) is 0 Å². The van der Waals surface area contributed by atoms with Gasteiger partial charge in [0.25, 0.3) is 0 Å². The number of piperazine rings is 1. The third-order valence-corrected chi connectivity index (χ3v) is 4.80. The van der Waals surface area contributed by atoms with Gasteiger partial charge in [-0.25, -0.2) is 0 Å². The Morgan fingerprint density at radius 1 is 0.958 bits per heavy atom. The summed E-state index contributed by atoms with van der Waals surface area (Å²) in [5.74, 6) is 0. The highest BCUT2D eigenvalue weighted by molar-refractivity contribution is 6.34. The largest absolute Gasteiger partial charge is 0.295 e. The molecule has 0 atom stereocenters. The molecule has 0 radical (unpaired) electrons. The zero-order chi connectivity index (χ0) is 16.9. The summed E-state index contributed by atoms with van der Waals surface area (Å²) >= 11 is 12.2. The van der Waals surface area contributed by atoms with Gasteiger partial charge in [-0.15, -0.1) is 0 Å². The molecular formula is C19H21Cl2N3. The van der Waals surface area contributed by atoms with E-state index in [4.69, 9.17) is 28.3 Å². The van der Waals surface area contributed by atoms with Crippen LogP contribution < -0.4 is 0 Å². The topological polar surface area (TPSA) is 18.8 Å². The van der Waals surface area contributed by atoms with Crippen molar-refractivity contribution in [3.8, 4) is 0 Å². The number of benzene rings is 2. The average Bonchev–Trinajstić information content (AvgIpc) is 2.59. The minimum Gasteiger partial charge on any atom is -0.295 e. The average molecular weight is 362 g/mol. The molecule has 2 aromatic rings. The SMILES string of the molecule is CC(=NN1CCN(Cc2ccc(Cl)cc2)CC1)c1ccccc1Cl. The fraction of sp³-hybridized carbons (Fsp3) is 0.316. The summed E-state index contributed by atoms with van der Waals surface area (Å²) in [6.45, 7) is 6.83. The van der Waals surface area contributed by atoms with E-state index < -0.39 is 0 Å². The van der Waals surface area contributed by atoms with Gasteiger partial charge in [0.15, 0.2) is 0 Å². The molecule has 0 bridgehead atoms. The molecule has 1 aliphatic rings. The molecule has 0 N–H and O–H groups in total. The first kappa shape index (κ1) is 17.3. The zero-order valence-corrected chi connectivity index (χ0v) is 15.3. The molecule has 3 rings (SSSR count). The maximum Gasteiger partial charge on any atom is 0.0661 e. The van der Waals surface area contributed by atoms with Crippen LogP contribution in [0.5, 0.6) is 0 Å². The van der Waals surface area contributed by atoms with E-state index >= 15 is 0 Å². The minimum atomic E-state index is 0.750. The van der Waals surface area contributed by atoms with E-state index in [0.29, 0.717) is 0 Å². The number of hydrazone groups is 1. The molecule has 3 nitrogen and oxygen atoms in total. The second-order valence-electron chi connectivity index (χ2n) is 6.02. The standard InChI is InChI=1S/C19H21Cl2N3/c1-15(18-4-2-3-5-19(18)21)22-24-12-10-23(11-13-24)14-16-6-8-17(20)9-7-16/h2-9H,10-14H2,1H3. The van der Waals surface area contributed by atoms with Crippen molar-refractivity contribution in [1.29, 1.82) is 0 Å². The van der Waals surface area contributed by atoms with Crippen LogP contribution in [0, 0.1) is 0 Å². The molecule has 0 aliphatic carbocycles. The predicted octanol–water partition coefficient (Wildman–Crippen LogP) is 4.54. The van der Waals surface area contributed by atoms with Gasteiger partial charge in [0.05, 0.1) is 5.71 Å². The normalized spacial score (nSPS) is 16.5. The van der Waals surface area contributed by atoms with Crippen molar-refractivity contribution in [3.05, 3.63) is 69.7 Å². The Morgan fingerprint density at radius 3 is 2.29 bits per heavy atom. The van der Waals surface area contributed by atoms with E-state index in [1.807, 2.05) is 43.3 Å². The van der Waals surface area contributed by atoms with Gasteiger partial charge in [-0.3, -0.25) is 9.91 Å². The van der Waals surface area contributed by atoms with Gasteiger partial charge in [0, 0.05) is 48.3 Å². The fourth-order valence-corrected chi connectivity index (χ4v) is 3.26. The molecule has 0 spiro atoms. The summed E-state index contributed by atoms with van der Waals surface area (Å²) < 4.78 is 0. The molecule has 1 saturated heterocycles. The maximum absolute atomic E-state index is 6.24. The quantitative estimate of drug-likeness (QED) is 0.744. The van der Waals surface area contributed by atoms with Crippen LogP contribution in [0.4, 0.5) is 0 Å². The molecule has 0 saturated carbocycles. The third-order valence-electron chi connectivity index (χ3n) is 4.22. The van der Waals surface area contributed by atoms with Crippen LogP contribution in [0.1, 0.15) is 18.1 Å². The van der Waals surface area contributed by atoms with E-state index in [-0.39, 0.29) is 0 Å². The minimum absolute atomic E-state index is 0.750. The van der Waals surface area contributed by atoms with Gasteiger partial charge < -0.3 is 0 Å². The highest BCUT2D eigenvalue weighted by Gasteiger charge is 2.16. The van der Waals surface area contributed by atoms with Gasteiger partial charge >= 0.3 is 0 Å². The molecule has 0 aromatic heterocycles. The van der Waals surface area contributed by atoms with E-state index in [0.717, 1.165) is 54.0 Å². The number of rotatable bonds is 4. The van der Waals surface area contributed by atoms with Crippen molar-refractivity contribution in [2.75, 3.05) is 26.2 Å². The van der Waals surface area contributed by atoms with E-state index in [1.165, 1.54) is 5.56 Å². The Morgan fingerprint density at radius 2 is 1.62 bits per heavy atom. The van der Waals surface area contributed by atoms with Gasteiger partial charge in [-0.2, -0.15) is 5.10 Å². The monoisotopic (exact) mass is 361 g/mol. The van der Waals surface area contributed by atoms with Crippen molar-refractivity contribution in [2.45, 2.75) is 13.5 Å². The van der Waals surface area contributed by atoms with E-state index in [1.54, 1.807) is 0 Å². The van der Waals surface area contributed by atoms with Crippen LogP contribution in [-0.2, 0) is 6.54 Å². The Kier molecular flexibility index (Phi) is 5.77. The van der Waals surface area contributed by atoms with Crippen molar-refractivity contribution in [2.24, 2.45) is 5.10 Å². The lowest BCUT2D eigenvalue weighted by atomic mass is 10.1. The number of hydrogen-bond donors (Lipinski definition) is 0. The summed E-state index contributed by atoms with van der Waals surface area (Å²) in [5, 5.41) is 8.41. The van der Waals surface area contributed by atoms with E-state index in [9.17, 15) is 0 Å². The first-order chi connectivity index (χ1) is 11.6. The highest BCUT2D eigenvalue weighted by atomic mass is 35.5. The smallest absolute Gasteiger partial charge is 0.0661 e. The summed E-state index contributed by atoms with van der Waals surface area (Å²) in [5.41, 5.74) is 3.26. The zero-order valence-electron chi connectivity index (χ0n) is 13.8. The first-order valence-electron chi connectivity index (χ1n) is 8.13. The molecule has 1 aliphatic heterocycles. The lowest BCUT2D eigenvalue weighted by molar-refractivity contribution is 0.130. The fourth-order valence-electron chi connectivity index (χ4n) is 2.86. The van der Waals surface area contributed by atoms with Crippen LogP contribution in [0.15, 0.2) is 53.6 Å². The molecular weight excluding hydrogens is 341 g/mol. The second kappa shape index (κ2) is 8.02.